The zero-order valence-electron chi connectivity index (χ0n) is 16.6. The van der Waals surface area contributed by atoms with Gasteiger partial charge in [0.2, 0.25) is 0 Å². The molecule has 2 nitrogen and oxygen atoms in total. The van der Waals surface area contributed by atoms with Crippen LogP contribution in [0.25, 0.3) is 0 Å². The lowest BCUT2D eigenvalue weighted by Crippen LogP contribution is -2.23. The average Bonchev–Trinajstić information content (AvgIpc) is 2.75. The average molecular weight is 409 g/mol. The fourth-order valence-corrected chi connectivity index (χ4v) is 4.57. The van der Waals surface area contributed by atoms with Gasteiger partial charge in [0.25, 0.3) is 0 Å². The van der Waals surface area contributed by atoms with Gasteiger partial charge in [-0.25, -0.2) is 0 Å². The molecule has 0 spiro atoms. The van der Waals surface area contributed by atoms with E-state index in [4.69, 9.17) is 5.73 Å². The van der Waals surface area contributed by atoms with Crippen molar-refractivity contribution in [2.45, 2.75) is 36.0 Å². The Morgan fingerprint density at radius 2 is 1.11 bits per heavy atom. The fraction of sp³-hybridized carbons (Fsp3) is 0.250. The van der Waals surface area contributed by atoms with E-state index >= 15 is 0 Å². The lowest BCUT2D eigenvalue weighted by Gasteiger charge is -2.25. The molecule has 0 fully saturated rings. The van der Waals surface area contributed by atoms with Gasteiger partial charge >= 0.3 is 0 Å². The minimum Gasteiger partial charge on any atom is -0.326 e. The van der Waals surface area contributed by atoms with Crippen LogP contribution in [0.1, 0.15) is 22.3 Å². The summed E-state index contributed by atoms with van der Waals surface area (Å²) in [5.41, 5.74) is 11.0. The summed E-state index contributed by atoms with van der Waals surface area (Å²) in [5.74, 6) is 0. The minimum absolute atomic E-state index is 0.589. The quantitative estimate of drug-likeness (QED) is 0.454. The van der Waals surface area contributed by atoms with Gasteiger partial charge in [0.1, 0.15) is 0 Å². The smallest absolute Gasteiger partial charge is 0.0251 e. The lowest BCUT2D eigenvalue weighted by atomic mass is 10.1. The molecule has 0 bridgehead atoms. The van der Waals surface area contributed by atoms with Crippen LogP contribution < -0.4 is 5.73 Å². The minimum atomic E-state index is 0.589. The molecular weight excluding hydrogens is 380 g/mol. The van der Waals surface area contributed by atoms with E-state index in [1.165, 1.54) is 32.0 Å². The van der Waals surface area contributed by atoms with Gasteiger partial charge in [-0.1, -0.05) is 60.7 Å². The van der Waals surface area contributed by atoms with Gasteiger partial charge in [-0.15, -0.1) is 23.5 Å². The van der Waals surface area contributed by atoms with Crippen molar-refractivity contribution in [1.82, 2.24) is 4.90 Å². The Morgan fingerprint density at radius 3 is 1.57 bits per heavy atom. The molecule has 0 radical (unpaired) electrons. The molecule has 0 aliphatic carbocycles. The summed E-state index contributed by atoms with van der Waals surface area (Å²) in [4.78, 5) is 5.23. The summed E-state index contributed by atoms with van der Waals surface area (Å²) >= 11 is 3.64. The molecule has 0 amide bonds. The van der Waals surface area contributed by atoms with E-state index in [-0.39, 0.29) is 0 Å². The van der Waals surface area contributed by atoms with E-state index in [9.17, 15) is 0 Å². The highest BCUT2D eigenvalue weighted by Gasteiger charge is 2.13. The van der Waals surface area contributed by atoms with E-state index in [1.54, 1.807) is 0 Å². The van der Waals surface area contributed by atoms with Crippen molar-refractivity contribution in [2.75, 3.05) is 12.5 Å². The first kappa shape index (κ1) is 21.0. The Labute approximate surface area is 177 Å². The van der Waals surface area contributed by atoms with Crippen molar-refractivity contribution >= 4 is 23.5 Å². The number of hydrogen-bond acceptors (Lipinski definition) is 4. The van der Waals surface area contributed by atoms with Crippen molar-refractivity contribution in [3.63, 3.8) is 0 Å². The molecule has 0 aliphatic rings. The van der Waals surface area contributed by atoms with Crippen LogP contribution in [0.4, 0.5) is 0 Å². The molecule has 0 aromatic heterocycles. The maximum absolute atomic E-state index is 5.75. The Balaban J connectivity index is 1.86. The molecular formula is C24H28N2S2. The standard InChI is InChI=1S/C24H28N2S2/c1-27-23-9-5-3-7-21(23)17-26(16-20-13-11-19(15-25)12-14-20)18-22-8-4-6-10-24(22)28-2/h3-14H,15-18,25H2,1-2H3. The second-order valence-corrected chi connectivity index (χ2v) is 8.49. The summed E-state index contributed by atoms with van der Waals surface area (Å²) in [6.07, 6.45) is 4.30. The van der Waals surface area contributed by atoms with E-state index in [2.05, 4.69) is 90.2 Å². The third-order valence-electron chi connectivity index (χ3n) is 4.84. The van der Waals surface area contributed by atoms with Crippen molar-refractivity contribution in [3.05, 3.63) is 95.1 Å². The van der Waals surface area contributed by atoms with Crippen LogP contribution in [0, 0.1) is 0 Å². The summed E-state index contributed by atoms with van der Waals surface area (Å²) < 4.78 is 0. The lowest BCUT2D eigenvalue weighted by molar-refractivity contribution is 0.244. The number of nitrogens with two attached hydrogens (primary N) is 1. The van der Waals surface area contributed by atoms with Gasteiger partial charge < -0.3 is 5.73 Å². The number of hydrogen-bond donors (Lipinski definition) is 1. The topological polar surface area (TPSA) is 29.3 Å². The molecule has 0 aliphatic heterocycles. The second kappa shape index (κ2) is 10.7. The Morgan fingerprint density at radius 1 is 0.643 bits per heavy atom. The van der Waals surface area contributed by atoms with E-state index in [1.807, 2.05) is 23.5 Å². The zero-order chi connectivity index (χ0) is 19.8. The number of nitrogens with zero attached hydrogens (tertiary/aromatic N) is 1. The first-order chi connectivity index (χ1) is 13.7. The summed E-state index contributed by atoms with van der Waals surface area (Å²) in [5, 5.41) is 0. The highest BCUT2D eigenvalue weighted by atomic mass is 32.2. The SMILES string of the molecule is CSc1ccccc1CN(Cc1ccc(CN)cc1)Cc1ccccc1SC. The predicted octanol–water partition coefficient (Wildman–Crippen LogP) is 5.79. The van der Waals surface area contributed by atoms with Crippen molar-refractivity contribution in [3.8, 4) is 0 Å². The first-order valence-corrected chi connectivity index (χ1v) is 11.9. The number of benzene rings is 3. The Hall–Kier alpha value is -1.72. The van der Waals surface area contributed by atoms with Crippen LogP contribution >= 0.6 is 23.5 Å². The van der Waals surface area contributed by atoms with Gasteiger partial charge in [-0.3, -0.25) is 4.90 Å². The summed E-state index contributed by atoms with van der Waals surface area (Å²) in [7, 11) is 0. The molecule has 0 unspecified atom stereocenters. The molecule has 0 saturated carbocycles. The normalized spacial score (nSPS) is 11.1. The molecule has 4 heteroatoms. The second-order valence-electron chi connectivity index (χ2n) is 6.79. The number of thioether (sulfide) groups is 2. The third kappa shape index (κ3) is 5.65. The highest BCUT2D eigenvalue weighted by Crippen LogP contribution is 2.26. The van der Waals surface area contributed by atoms with Crippen molar-refractivity contribution in [1.29, 1.82) is 0 Å². The molecule has 3 rings (SSSR count). The van der Waals surface area contributed by atoms with E-state index < -0.39 is 0 Å². The van der Waals surface area contributed by atoms with Gasteiger partial charge in [-0.05, 0) is 46.9 Å². The van der Waals surface area contributed by atoms with E-state index in [0.29, 0.717) is 6.54 Å². The highest BCUT2D eigenvalue weighted by molar-refractivity contribution is 7.98. The zero-order valence-corrected chi connectivity index (χ0v) is 18.2. The molecule has 3 aromatic rings. The van der Waals surface area contributed by atoms with Crippen LogP contribution in [0.3, 0.4) is 0 Å². The number of rotatable bonds is 9. The monoisotopic (exact) mass is 408 g/mol. The van der Waals surface area contributed by atoms with Crippen molar-refractivity contribution in [2.24, 2.45) is 5.73 Å². The molecule has 28 heavy (non-hydrogen) atoms. The van der Waals surface area contributed by atoms with Crippen LogP contribution in [0.2, 0.25) is 0 Å². The van der Waals surface area contributed by atoms with Gasteiger partial charge in [-0.2, -0.15) is 0 Å². The van der Waals surface area contributed by atoms with Crippen molar-refractivity contribution < 1.29 is 0 Å². The molecule has 0 heterocycles. The van der Waals surface area contributed by atoms with E-state index in [0.717, 1.165) is 19.6 Å². The van der Waals surface area contributed by atoms with Crippen LogP contribution in [-0.4, -0.2) is 17.4 Å². The largest absolute Gasteiger partial charge is 0.326 e. The molecule has 0 atom stereocenters. The first-order valence-electron chi connectivity index (χ1n) is 9.47. The maximum Gasteiger partial charge on any atom is 0.0251 e. The third-order valence-corrected chi connectivity index (χ3v) is 6.51. The molecule has 2 N–H and O–H groups in total. The maximum atomic E-state index is 5.75. The Bertz CT molecular complexity index is 828. The molecule has 3 aromatic carbocycles. The summed E-state index contributed by atoms with van der Waals surface area (Å²) in [6, 6.07) is 26.1. The molecule has 0 saturated heterocycles. The van der Waals surface area contributed by atoms with Gasteiger partial charge in [0, 0.05) is 36.0 Å². The molecule has 146 valence electrons. The predicted molar refractivity (Wildman–Crippen MR) is 124 cm³/mol. The van der Waals surface area contributed by atoms with Crippen LogP contribution in [-0.2, 0) is 26.2 Å². The summed E-state index contributed by atoms with van der Waals surface area (Å²) in [6.45, 7) is 3.36. The van der Waals surface area contributed by atoms with Gasteiger partial charge in [0.05, 0.1) is 0 Å². The Kier molecular flexibility index (Phi) is 8.04. The van der Waals surface area contributed by atoms with Gasteiger partial charge in [0.15, 0.2) is 0 Å². The fourth-order valence-electron chi connectivity index (χ4n) is 3.36. The van der Waals surface area contributed by atoms with Crippen LogP contribution in [0.15, 0.2) is 82.6 Å². The van der Waals surface area contributed by atoms with Crippen LogP contribution in [0.5, 0.6) is 0 Å².